The van der Waals surface area contributed by atoms with Gasteiger partial charge in [-0.1, -0.05) is 0 Å². The zero-order valence-electron chi connectivity index (χ0n) is 9.08. The Hall–Kier alpha value is -1.22. The van der Waals surface area contributed by atoms with Crippen molar-refractivity contribution in [2.75, 3.05) is 39.6 Å². The Balaban J connectivity index is 2.36. The maximum atomic E-state index is 5.08. The Morgan fingerprint density at radius 3 is 2.36 bits per heavy atom. The molecule has 0 spiro atoms. The molecular weight excluding hydrogens is 176 g/mol. The molecule has 14 heavy (non-hydrogen) atoms. The lowest BCUT2D eigenvalue weighted by Crippen LogP contribution is -2.20. The first kappa shape index (κ1) is 10.9. The Labute approximate surface area is 85.7 Å². The quantitative estimate of drug-likeness (QED) is 0.771. The SMILES string of the molecule is COc1ccc(NCCN(C)C)cc1. The number of nitrogens with zero attached hydrogens (tertiary/aromatic N) is 1. The lowest BCUT2D eigenvalue weighted by molar-refractivity contribution is 0.414. The maximum absolute atomic E-state index is 5.08. The highest BCUT2D eigenvalue weighted by Crippen LogP contribution is 2.14. The van der Waals surface area contributed by atoms with Crippen LogP contribution in [0.25, 0.3) is 0 Å². The lowest BCUT2D eigenvalue weighted by atomic mass is 10.3. The van der Waals surface area contributed by atoms with Gasteiger partial charge in [-0.05, 0) is 38.4 Å². The van der Waals surface area contributed by atoms with Gasteiger partial charge in [0.15, 0.2) is 0 Å². The van der Waals surface area contributed by atoms with E-state index < -0.39 is 0 Å². The Morgan fingerprint density at radius 1 is 1.21 bits per heavy atom. The second-order valence-electron chi connectivity index (χ2n) is 3.46. The molecule has 0 aliphatic heterocycles. The topological polar surface area (TPSA) is 24.5 Å². The number of methoxy groups -OCH3 is 1. The fraction of sp³-hybridized carbons (Fsp3) is 0.455. The minimum Gasteiger partial charge on any atom is -0.497 e. The van der Waals surface area contributed by atoms with Gasteiger partial charge in [0.2, 0.25) is 0 Å². The third-order valence-corrected chi connectivity index (χ3v) is 1.98. The monoisotopic (exact) mass is 194 g/mol. The van der Waals surface area contributed by atoms with E-state index in [1.54, 1.807) is 7.11 Å². The second-order valence-corrected chi connectivity index (χ2v) is 3.46. The van der Waals surface area contributed by atoms with Crippen LogP contribution in [-0.4, -0.2) is 39.2 Å². The number of ether oxygens (including phenoxy) is 1. The fourth-order valence-corrected chi connectivity index (χ4v) is 1.13. The molecule has 3 nitrogen and oxygen atoms in total. The van der Waals surface area contributed by atoms with Gasteiger partial charge in [0.1, 0.15) is 5.75 Å². The van der Waals surface area contributed by atoms with Crippen molar-refractivity contribution in [2.45, 2.75) is 0 Å². The van der Waals surface area contributed by atoms with E-state index in [0.29, 0.717) is 0 Å². The molecule has 0 bridgehead atoms. The molecule has 1 aromatic rings. The zero-order valence-corrected chi connectivity index (χ0v) is 9.08. The third-order valence-electron chi connectivity index (χ3n) is 1.98. The summed E-state index contributed by atoms with van der Waals surface area (Å²) >= 11 is 0. The predicted octanol–water partition coefficient (Wildman–Crippen LogP) is 1.67. The van der Waals surface area contributed by atoms with Crippen molar-refractivity contribution >= 4 is 5.69 Å². The standard InChI is InChI=1S/C11H18N2O/c1-13(2)9-8-12-10-4-6-11(14-3)7-5-10/h4-7,12H,8-9H2,1-3H3. The first-order chi connectivity index (χ1) is 6.72. The van der Waals surface area contributed by atoms with Gasteiger partial charge in [0.05, 0.1) is 7.11 Å². The molecule has 0 heterocycles. The van der Waals surface area contributed by atoms with Crippen molar-refractivity contribution in [1.29, 1.82) is 0 Å². The first-order valence-corrected chi connectivity index (χ1v) is 4.75. The van der Waals surface area contributed by atoms with Crippen molar-refractivity contribution in [2.24, 2.45) is 0 Å². The minimum atomic E-state index is 0.892. The van der Waals surface area contributed by atoms with Crippen molar-refractivity contribution in [1.82, 2.24) is 4.90 Å². The van der Waals surface area contributed by atoms with Gasteiger partial charge in [0.25, 0.3) is 0 Å². The van der Waals surface area contributed by atoms with Crippen molar-refractivity contribution in [3.63, 3.8) is 0 Å². The van der Waals surface area contributed by atoms with Gasteiger partial charge >= 0.3 is 0 Å². The highest BCUT2D eigenvalue weighted by atomic mass is 16.5. The van der Waals surface area contributed by atoms with Crippen LogP contribution in [0.15, 0.2) is 24.3 Å². The van der Waals surface area contributed by atoms with Gasteiger partial charge < -0.3 is 15.0 Å². The molecule has 1 N–H and O–H groups in total. The molecular formula is C11H18N2O. The molecule has 1 aromatic carbocycles. The van der Waals surface area contributed by atoms with E-state index in [4.69, 9.17) is 4.74 Å². The molecule has 0 aliphatic carbocycles. The van der Waals surface area contributed by atoms with E-state index in [0.717, 1.165) is 24.5 Å². The fourth-order valence-electron chi connectivity index (χ4n) is 1.13. The molecule has 0 amide bonds. The van der Waals surface area contributed by atoms with Crippen molar-refractivity contribution in [3.05, 3.63) is 24.3 Å². The number of nitrogens with one attached hydrogen (secondary N) is 1. The van der Waals surface area contributed by atoms with Gasteiger partial charge in [-0.25, -0.2) is 0 Å². The summed E-state index contributed by atoms with van der Waals surface area (Å²) in [7, 11) is 5.81. The number of benzene rings is 1. The first-order valence-electron chi connectivity index (χ1n) is 4.75. The van der Waals surface area contributed by atoms with Crippen molar-refractivity contribution < 1.29 is 4.74 Å². The Bertz CT molecular complexity index is 256. The smallest absolute Gasteiger partial charge is 0.119 e. The third kappa shape index (κ3) is 3.66. The molecule has 0 atom stereocenters. The van der Waals surface area contributed by atoms with Crippen LogP contribution in [0.2, 0.25) is 0 Å². The van der Waals surface area contributed by atoms with E-state index in [-0.39, 0.29) is 0 Å². The van der Waals surface area contributed by atoms with Crippen LogP contribution in [0.1, 0.15) is 0 Å². The van der Waals surface area contributed by atoms with Crippen LogP contribution in [0.3, 0.4) is 0 Å². The lowest BCUT2D eigenvalue weighted by Gasteiger charge is -2.11. The number of hydrogen-bond donors (Lipinski definition) is 1. The molecule has 0 unspecified atom stereocenters. The normalized spacial score (nSPS) is 10.3. The van der Waals surface area contributed by atoms with Crippen LogP contribution >= 0.6 is 0 Å². The molecule has 78 valence electrons. The van der Waals surface area contributed by atoms with Gasteiger partial charge in [0, 0.05) is 18.8 Å². The molecule has 0 aliphatic rings. The molecule has 0 saturated heterocycles. The minimum absolute atomic E-state index is 0.892. The molecule has 0 radical (unpaired) electrons. The predicted molar refractivity (Wildman–Crippen MR) is 60.0 cm³/mol. The molecule has 0 aromatic heterocycles. The summed E-state index contributed by atoms with van der Waals surface area (Å²) in [6, 6.07) is 7.96. The van der Waals surface area contributed by atoms with E-state index in [9.17, 15) is 0 Å². The van der Waals surface area contributed by atoms with Crippen molar-refractivity contribution in [3.8, 4) is 5.75 Å². The summed E-state index contributed by atoms with van der Waals surface area (Å²) in [6.07, 6.45) is 0. The van der Waals surface area contributed by atoms with Gasteiger partial charge in [-0.2, -0.15) is 0 Å². The Morgan fingerprint density at radius 2 is 1.86 bits per heavy atom. The molecule has 0 fully saturated rings. The summed E-state index contributed by atoms with van der Waals surface area (Å²) in [5.41, 5.74) is 1.13. The van der Waals surface area contributed by atoms with E-state index in [1.165, 1.54) is 0 Å². The van der Waals surface area contributed by atoms with E-state index in [2.05, 4.69) is 24.3 Å². The Kier molecular flexibility index (Phi) is 4.26. The summed E-state index contributed by atoms with van der Waals surface area (Å²) in [5.74, 6) is 0.892. The van der Waals surface area contributed by atoms with Crippen LogP contribution in [0.5, 0.6) is 5.75 Å². The molecule has 3 heteroatoms. The number of rotatable bonds is 5. The zero-order chi connectivity index (χ0) is 10.4. The average molecular weight is 194 g/mol. The number of likely N-dealkylation sites (N-methyl/N-ethyl adjacent to an activating group) is 1. The highest BCUT2D eigenvalue weighted by molar-refractivity contribution is 5.46. The number of hydrogen-bond acceptors (Lipinski definition) is 3. The van der Waals surface area contributed by atoms with E-state index in [1.807, 2.05) is 24.3 Å². The van der Waals surface area contributed by atoms with E-state index >= 15 is 0 Å². The van der Waals surface area contributed by atoms with Crippen LogP contribution in [0, 0.1) is 0 Å². The molecule has 1 rings (SSSR count). The van der Waals surface area contributed by atoms with Gasteiger partial charge in [-0.3, -0.25) is 0 Å². The summed E-state index contributed by atoms with van der Waals surface area (Å²) < 4.78 is 5.08. The van der Waals surface area contributed by atoms with Crippen LogP contribution in [0.4, 0.5) is 5.69 Å². The highest BCUT2D eigenvalue weighted by Gasteiger charge is 1.93. The number of anilines is 1. The second kappa shape index (κ2) is 5.50. The average Bonchev–Trinajstić information content (AvgIpc) is 2.18. The summed E-state index contributed by atoms with van der Waals surface area (Å²) in [6.45, 7) is 1.99. The molecule has 0 saturated carbocycles. The largest absolute Gasteiger partial charge is 0.497 e. The summed E-state index contributed by atoms with van der Waals surface area (Å²) in [5, 5.41) is 3.33. The van der Waals surface area contributed by atoms with Crippen LogP contribution in [-0.2, 0) is 0 Å². The van der Waals surface area contributed by atoms with Crippen LogP contribution < -0.4 is 10.1 Å². The maximum Gasteiger partial charge on any atom is 0.119 e. The van der Waals surface area contributed by atoms with Gasteiger partial charge in [-0.15, -0.1) is 0 Å². The summed E-state index contributed by atoms with van der Waals surface area (Å²) in [4.78, 5) is 2.15.